The van der Waals surface area contributed by atoms with Gasteiger partial charge in [-0.05, 0) is 152 Å². The minimum Gasteiger partial charge on any atom is -0.0521 e. The lowest BCUT2D eigenvalue weighted by molar-refractivity contribution is -0.876. The molecule has 16 aliphatic rings. The zero-order valence-electron chi connectivity index (χ0n) is 16.1. The number of fused-ring (bicyclic) bond motifs is 12. The second-order valence-electron chi connectivity index (χ2n) is 16.5. The molecule has 0 N–H and O–H groups in total. The molecule has 2 radical (unpaired) electrons. The Morgan fingerprint density at radius 2 is 1.14 bits per heavy atom. The molecular formula is C27H23B. The Labute approximate surface area is 165 Å². The standard InChI is InChI=1S/C27H23B/c28-26-10-4-6-3-9-13-16-17-14-11-7-1-5-2-8-12-15-18-19(26)25(16,27(13,26)21(6,9)10)24(17,18)23(14,15)22(11,12)20(5,7)8/h5-19H,1-4H2/t5?,6?,7?,8?,9?,10?,11?,12?,13?,14?,15?,16?,17?,18?,19?,20?,21?,22?,23?,24?,25?,26-,27?/m0/s1. The van der Waals surface area contributed by atoms with Crippen molar-refractivity contribution in [2.45, 2.75) is 31.0 Å². The zero-order valence-corrected chi connectivity index (χ0v) is 16.1. The van der Waals surface area contributed by atoms with Crippen LogP contribution in [-0.4, -0.2) is 7.85 Å². The monoisotopic (exact) mass is 358 g/mol. The van der Waals surface area contributed by atoms with E-state index in [4.69, 9.17) is 7.85 Å². The molecule has 1 heteroatoms. The molecule has 16 saturated carbocycles. The second-order valence-corrected chi connectivity index (χ2v) is 16.5. The van der Waals surface area contributed by atoms with Crippen molar-refractivity contribution >= 4 is 7.85 Å². The Morgan fingerprint density at radius 1 is 0.536 bits per heavy atom. The molecule has 0 aromatic carbocycles. The van der Waals surface area contributed by atoms with Crippen molar-refractivity contribution in [1.82, 2.24) is 0 Å². The minimum absolute atomic E-state index is 0.420. The topological polar surface area (TPSA) is 0 Å². The second kappa shape index (κ2) is 1.95. The lowest BCUT2D eigenvalue weighted by Gasteiger charge is -3.35. The van der Waals surface area contributed by atoms with Crippen LogP contribution in [0.3, 0.4) is 0 Å². The molecule has 0 aliphatic heterocycles. The van der Waals surface area contributed by atoms with E-state index in [1.807, 2.05) is 0 Å². The predicted molar refractivity (Wildman–Crippen MR) is 96.3 cm³/mol. The van der Waals surface area contributed by atoms with Crippen LogP contribution in [0.25, 0.3) is 0 Å². The van der Waals surface area contributed by atoms with Crippen molar-refractivity contribution in [2.24, 2.45) is 127 Å². The first-order chi connectivity index (χ1) is 13.8. The average molecular weight is 358 g/mol. The number of hydrogen-bond donors (Lipinski definition) is 0. The summed E-state index contributed by atoms with van der Waals surface area (Å²) < 4.78 is 0. The molecule has 23 atom stereocenters. The Hall–Kier alpha value is 0.0649. The molecule has 134 valence electrons. The summed E-state index contributed by atoms with van der Waals surface area (Å²) in [5.41, 5.74) is 6.77. The Balaban J connectivity index is 1.05. The first kappa shape index (κ1) is 11.1. The van der Waals surface area contributed by atoms with Gasteiger partial charge in [0.25, 0.3) is 0 Å². The van der Waals surface area contributed by atoms with E-state index in [0.29, 0.717) is 5.31 Å². The van der Waals surface area contributed by atoms with Crippen LogP contribution in [0.2, 0.25) is 5.31 Å². The van der Waals surface area contributed by atoms with Gasteiger partial charge in [0.05, 0.1) is 7.85 Å². The fourth-order valence-electron chi connectivity index (χ4n) is 23.4. The molecule has 16 aliphatic carbocycles. The summed E-state index contributed by atoms with van der Waals surface area (Å²) in [6.45, 7) is 0. The van der Waals surface area contributed by atoms with E-state index in [1.165, 1.54) is 76.9 Å². The van der Waals surface area contributed by atoms with Crippen LogP contribution >= 0.6 is 0 Å². The van der Waals surface area contributed by atoms with Crippen LogP contribution in [0.1, 0.15) is 25.7 Å². The van der Waals surface area contributed by atoms with E-state index in [1.54, 1.807) is 25.7 Å². The van der Waals surface area contributed by atoms with Gasteiger partial charge in [0.2, 0.25) is 0 Å². The lowest BCUT2D eigenvalue weighted by Crippen LogP contribution is -3.32. The van der Waals surface area contributed by atoms with E-state index in [9.17, 15) is 0 Å². The molecule has 0 aromatic rings. The van der Waals surface area contributed by atoms with Crippen LogP contribution in [0.5, 0.6) is 0 Å². The quantitative estimate of drug-likeness (QED) is 0.584. The molecule has 0 saturated heterocycles. The maximum Gasteiger partial charge on any atom is 0.0762 e. The molecule has 16 rings (SSSR count). The first-order valence-electron chi connectivity index (χ1n) is 13.5. The van der Waals surface area contributed by atoms with Gasteiger partial charge >= 0.3 is 0 Å². The first-order valence-corrected chi connectivity index (χ1v) is 13.5. The van der Waals surface area contributed by atoms with E-state index < -0.39 is 0 Å². The Kier molecular flexibility index (Phi) is 0.773. The van der Waals surface area contributed by atoms with Gasteiger partial charge < -0.3 is 0 Å². The van der Waals surface area contributed by atoms with Crippen LogP contribution in [0.4, 0.5) is 0 Å². The van der Waals surface area contributed by atoms with Crippen molar-refractivity contribution < 1.29 is 0 Å². The van der Waals surface area contributed by atoms with E-state index >= 15 is 0 Å². The molecule has 7 spiro atoms. The van der Waals surface area contributed by atoms with Gasteiger partial charge in [-0.25, -0.2) is 0 Å². The summed E-state index contributed by atoms with van der Waals surface area (Å²) in [6, 6.07) is 0. The Morgan fingerprint density at radius 3 is 1.89 bits per heavy atom. The van der Waals surface area contributed by atoms with Crippen LogP contribution in [0, 0.1) is 127 Å². The third kappa shape index (κ3) is 0.335. The Bertz CT molecular complexity index is 1290. The summed E-state index contributed by atoms with van der Waals surface area (Å²) in [5, 5.41) is 0.420. The van der Waals surface area contributed by atoms with Gasteiger partial charge in [-0.2, -0.15) is 0 Å². The predicted octanol–water partition coefficient (Wildman–Crippen LogP) is 3.24. The van der Waals surface area contributed by atoms with Gasteiger partial charge in [-0.3, -0.25) is 0 Å². The highest BCUT2D eigenvalue weighted by Crippen LogP contribution is 3.36. The van der Waals surface area contributed by atoms with Crippen LogP contribution < -0.4 is 0 Å². The van der Waals surface area contributed by atoms with Gasteiger partial charge in [-0.1, -0.05) is 5.31 Å². The van der Waals surface area contributed by atoms with E-state index in [2.05, 4.69) is 0 Å². The van der Waals surface area contributed by atoms with Crippen LogP contribution in [-0.2, 0) is 0 Å². The molecule has 0 aromatic heterocycles. The van der Waals surface area contributed by atoms with E-state index in [-0.39, 0.29) is 0 Å². The smallest absolute Gasteiger partial charge is 0.0521 e. The van der Waals surface area contributed by atoms with Crippen molar-refractivity contribution in [3.8, 4) is 0 Å². The molecule has 0 amide bonds. The molecule has 22 unspecified atom stereocenters. The van der Waals surface area contributed by atoms with Crippen LogP contribution in [0.15, 0.2) is 0 Å². The average Bonchev–Trinajstić information content (AvgIpc) is 2.56. The summed E-state index contributed by atoms with van der Waals surface area (Å²) >= 11 is 0. The maximum atomic E-state index is 7.63. The largest absolute Gasteiger partial charge is 0.0762 e. The molecule has 0 bridgehead atoms. The molecule has 28 heavy (non-hydrogen) atoms. The normalized spacial score (nSPS) is 116. The van der Waals surface area contributed by atoms with Crippen molar-refractivity contribution in [1.29, 1.82) is 0 Å². The molecule has 0 nitrogen and oxygen atoms in total. The van der Waals surface area contributed by atoms with Gasteiger partial charge in [0.15, 0.2) is 0 Å². The molecule has 16 fully saturated rings. The highest BCUT2D eigenvalue weighted by atomic mass is 15.4. The summed E-state index contributed by atoms with van der Waals surface area (Å²) in [5.74, 6) is 18.5. The molecule has 0 heterocycles. The van der Waals surface area contributed by atoms with Gasteiger partial charge in [-0.15, -0.1) is 0 Å². The SMILES string of the molecule is [B][C@@]12C3CC4CC5C6C7C8C9C%10C%11CC%12CC%13C%14C%15C%16C1C7(C8%16C9%15C%10%14C%12%11%13)C62C453. The van der Waals surface area contributed by atoms with Crippen molar-refractivity contribution in [2.75, 3.05) is 0 Å². The fourth-order valence-corrected chi connectivity index (χ4v) is 23.4. The lowest BCUT2D eigenvalue weighted by atomic mass is 8.68. The maximum absolute atomic E-state index is 7.63. The third-order valence-corrected chi connectivity index (χ3v) is 20.4. The summed E-state index contributed by atoms with van der Waals surface area (Å²) in [7, 11) is 7.63. The summed E-state index contributed by atoms with van der Waals surface area (Å²) in [4.78, 5) is 0. The minimum atomic E-state index is 0.420. The summed E-state index contributed by atoms with van der Waals surface area (Å²) in [6.07, 6.45) is 6.67. The van der Waals surface area contributed by atoms with Crippen molar-refractivity contribution in [3.05, 3.63) is 0 Å². The number of rotatable bonds is 0. The van der Waals surface area contributed by atoms with E-state index in [0.717, 1.165) is 49.7 Å². The highest BCUT2D eigenvalue weighted by Gasteiger charge is 3.33. The number of hydrogen-bond acceptors (Lipinski definition) is 0. The fraction of sp³-hybridized carbons (Fsp3) is 1.00. The van der Waals surface area contributed by atoms with Gasteiger partial charge in [0.1, 0.15) is 0 Å². The highest BCUT2D eigenvalue weighted by molar-refractivity contribution is 6.21. The third-order valence-electron chi connectivity index (χ3n) is 20.4. The van der Waals surface area contributed by atoms with Gasteiger partial charge in [0, 0.05) is 0 Å². The molecular weight excluding hydrogens is 335 g/mol. The zero-order chi connectivity index (χ0) is 16.5. The van der Waals surface area contributed by atoms with Crippen molar-refractivity contribution in [3.63, 3.8) is 0 Å².